The molecule has 1 saturated heterocycles. The Labute approximate surface area is 232 Å². The van der Waals surface area contributed by atoms with Crippen LogP contribution in [0.5, 0.6) is 0 Å². The first-order valence-electron chi connectivity index (χ1n) is 13.0. The summed E-state index contributed by atoms with van der Waals surface area (Å²) < 4.78 is 47.1. The Kier molecular flexibility index (Phi) is 6.25. The van der Waals surface area contributed by atoms with Crippen LogP contribution in [-0.4, -0.2) is 77.0 Å². The molecule has 0 unspecified atom stereocenters. The van der Waals surface area contributed by atoms with Crippen molar-refractivity contribution >= 4 is 28.4 Å². The molecule has 1 fully saturated rings. The van der Waals surface area contributed by atoms with Crippen LogP contribution in [0.1, 0.15) is 21.6 Å². The highest BCUT2D eigenvalue weighted by Gasteiger charge is 2.40. The Balaban J connectivity index is 1.65. The zero-order valence-corrected chi connectivity index (χ0v) is 22.8. The summed E-state index contributed by atoms with van der Waals surface area (Å²) in [5.41, 5.74) is 2.38. The minimum Gasteiger partial charge on any atom is -0.477 e. The quantitative estimate of drug-likeness (QED) is 0.334. The van der Waals surface area contributed by atoms with Gasteiger partial charge in [-0.15, -0.1) is 0 Å². The summed E-state index contributed by atoms with van der Waals surface area (Å²) in [5.74, 6) is -3.41. The van der Waals surface area contributed by atoms with E-state index in [1.54, 1.807) is 44.2 Å². The molecule has 0 bridgehead atoms. The lowest BCUT2D eigenvalue weighted by Crippen LogP contribution is -2.36. The van der Waals surface area contributed by atoms with Gasteiger partial charge >= 0.3 is 5.97 Å². The molecule has 3 aromatic heterocycles. The summed E-state index contributed by atoms with van der Waals surface area (Å²) in [5, 5.41) is 12.5. The number of carboxylic acids is 1. The maximum absolute atomic E-state index is 15.6. The van der Waals surface area contributed by atoms with Gasteiger partial charge in [-0.1, -0.05) is 0 Å². The number of carbonyl (C=O) groups is 1. The van der Waals surface area contributed by atoms with Gasteiger partial charge in [-0.25, -0.2) is 22.9 Å². The van der Waals surface area contributed by atoms with Crippen LogP contribution < -0.4 is 15.6 Å². The number of anilines is 2. The average molecular weight is 565 g/mol. The van der Waals surface area contributed by atoms with Gasteiger partial charge in [0, 0.05) is 79.7 Å². The van der Waals surface area contributed by atoms with E-state index in [2.05, 4.69) is 15.3 Å². The van der Waals surface area contributed by atoms with Crippen molar-refractivity contribution in [3.63, 3.8) is 0 Å². The smallest absolute Gasteiger partial charge is 0.341 e. The molecule has 4 aromatic rings. The summed E-state index contributed by atoms with van der Waals surface area (Å²) >= 11 is 0. The first-order valence-corrected chi connectivity index (χ1v) is 13.0. The van der Waals surface area contributed by atoms with E-state index >= 15 is 8.78 Å². The second kappa shape index (κ2) is 9.58. The first kappa shape index (κ1) is 26.8. The van der Waals surface area contributed by atoms with E-state index in [9.17, 15) is 19.1 Å². The van der Waals surface area contributed by atoms with Gasteiger partial charge in [0.2, 0.25) is 5.43 Å². The van der Waals surface area contributed by atoms with E-state index in [4.69, 9.17) is 0 Å². The van der Waals surface area contributed by atoms with E-state index in [0.29, 0.717) is 39.3 Å². The van der Waals surface area contributed by atoms with Gasteiger partial charge in [0.1, 0.15) is 17.4 Å². The van der Waals surface area contributed by atoms with Crippen molar-refractivity contribution in [1.29, 1.82) is 0 Å². The van der Waals surface area contributed by atoms with Crippen LogP contribution in [0.15, 0.2) is 35.5 Å². The molecule has 212 valence electrons. The molecule has 0 spiro atoms. The molecule has 4 heterocycles. The van der Waals surface area contributed by atoms with E-state index in [0.717, 1.165) is 6.07 Å². The molecule has 1 aliphatic carbocycles. The molecule has 2 N–H and O–H groups in total. The molecule has 2 aliphatic rings. The first-order chi connectivity index (χ1) is 19.5. The average Bonchev–Trinajstić information content (AvgIpc) is 3.52. The van der Waals surface area contributed by atoms with E-state index < -0.39 is 40.8 Å². The Bertz CT molecular complexity index is 1820. The lowest BCUT2D eigenvalue weighted by atomic mass is 9.97. The van der Waals surface area contributed by atoms with E-state index in [1.807, 2.05) is 0 Å². The van der Waals surface area contributed by atoms with Crippen LogP contribution in [0.25, 0.3) is 33.3 Å². The van der Waals surface area contributed by atoms with Gasteiger partial charge < -0.3 is 24.8 Å². The summed E-state index contributed by atoms with van der Waals surface area (Å²) in [6.45, 7) is 0.276. The van der Waals surface area contributed by atoms with Crippen LogP contribution in [-0.2, 0) is 13.5 Å². The Morgan fingerprint density at radius 1 is 1.15 bits per heavy atom. The number of alkyl halides is 1. The van der Waals surface area contributed by atoms with Crippen molar-refractivity contribution < 1.29 is 23.1 Å². The maximum Gasteiger partial charge on any atom is 0.341 e. The van der Waals surface area contributed by atoms with Crippen LogP contribution in [0.4, 0.5) is 24.5 Å². The SMILES string of the molecule is CNc1cc(F)c(F)c2c1Cc1ncc(-c3cnc4c(c3)c(=O)c(C(=O)O)cn4C)c(N3C[C@H](F)[C@@H](N(C)C)C3)c1-2. The van der Waals surface area contributed by atoms with Gasteiger partial charge in [0.25, 0.3) is 0 Å². The normalized spacial score (nSPS) is 17.8. The van der Waals surface area contributed by atoms with Gasteiger partial charge in [0.05, 0.1) is 29.4 Å². The van der Waals surface area contributed by atoms with Crippen LogP contribution in [0.2, 0.25) is 0 Å². The number of halogens is 3. The number of fused-ring (bicyclic) bond motifs is 4. The number of pyridine rings is 3. The molecule has 0 saturated carbocycles. The fraction of sp³-hybridized carbons (Fsp3) is 0.310. The van der Waals surface area contributed by atoms with Crippen molar-refractivity contribution in [2.75, 3.05) is 44.4 Å². The number of nitrogens with zero attached hydrogens (tertiary/aromatic N) is 5. The highest BCUT2D eigenvalue weighted by molar-refractivity contribution is 5.98. The third kappa shape index (κ3) is 4.04. The van der Waals surface area contributed by atoms with Gasteiger partial charge in [-0.2, -0.15) is 0 Å². The number of aromatic carboxylic acids is 1. The van der Waals surface area contributed by atoms with Crippen molar-refractivity contribution in [3.8, 4) is 22.3 Å². The van der Waals surface area contributed by atoms with Gasteiger partial charge in [-0.3, -0.25) is 9.78 Å². The second-order valence-corrected chi connectivity index (χ2v) is 10.7. The molecule has 0 radical (unpaired) electrons. The number of aryl methyl sites for hydroxylation is 1. The number of nitrogens with one attached hydrogen (secondary N) is 1. The number of likely N-dealkylation sites (N-methyl/N-ethyl adjacent to an activating group) is 1. The number of carboxylic acid groups (broad SMARTS) is 1. The summed E-state index contributed by atoms with van der Waals surface area (Å²) in [4.78, 5) is 37.5. The van der Waals surface area contributed by atoms with Gasteiger partial charge in [0.15, 0.2) is 11.6 Å². The zero-order valence-electron chi connectivity index (χ0n) is 22.8. The van der Waals surface area contributed by atoms with E-state index in [1.165, 1.54) is 23.0 Å². The molecule has 2 atom stereocenters. The number of rotatable bonds is 5. The lowest BCUT2D eigenvalue weighted by Gasteiger charge is -2.26. The molecule has 1 aliphatic heterocycles. The van der Waals surface area contributed by atoms with Crippen molar-refractivity contribution in [1.82, 2.24) is 19.4 Å². The third-order valence-electron chi connectivity index (χ3n) is 8.07. The fourth-order valence-corrected chi connectivity index (χ4v) is 6.05. The van der Waals surface area contributed by atoms with Crippen LogP contribution >= 0.6 is 0 Å². The van der Waals surface area contributed by atoms with Gasteiger partial charge in [-0.05, 0) is 25.7 Å². The van der Waals surface area contributed by atoms with Crippen molar-refractivity contribution in [2.45, 2.75) is 18.6 Å². The Hall–Kier alpha value is -4.45. The number of hydrogen-bond acceptors (Lipinski definition) is 7. The topological polar surface area (TPSA) is 104 Å². The second-order valence-electron chi connectivity index (χ2n) is 10.7. The van der Waals surface area contributed by atoms with Crippen LogP contribution in [0, 0.1) is 11.6 Å². The number of hydrogen-bond donors (Lipinski definition) is 2. The minimum absolute atomic E-state index is 0.00336. The predicted molar refractivity (Wildman–Crippen MR) is 149 cm³/mol. The highest BCUT2D eigenvalue weighted by atomic mass is 19.2. The molecule has 12 heteroatoms. The number of benzene rings is 1. The Morgan fingerprint density at radius 2 is 1.90 bits per heavy atom. The van der Waals surface area contributed by atoms with Crippen molar-refractivity contribution in [3.05, 3.63) is 69.4 Å². The molecule has 1 aromatic carbocycles. The molecule has 6 rings (SSSR count). The molecule has 9 nitrogen and oxygen atoms in total. The summed E-state index contributed by atoms with van der Waals surface area (Å²) in [7, 11) is 6.78. The highest BCUT2D eigenvalue weighted by Crippen LogP contribution is 2.50. The zero-order chi connectivity index (χ0) is 29.3. The van der Waals surface area contributed by atoms with E-state index in [-0.39, 0.29) is 36.1 Å². The van der Waals surface area contributed by atoms with Crippen LogP contribution in [0.3, 0.4) is 0 Å². The molecular weight excluding hydrogens is 537 g/mol. The molecular formula is C29H27F3N6O3. The monoisotopic (exact) mass is 564 g/mol. The summed E-state index contributed by atoms with van der Waals surface area (Å²) in [6, 6.07) is 2.19. The predicted octanol–water partition coefficient (Wildman–Crippen LogP) is 3.67. The Morgan fingerprint density at radius 3 is 2.56 bits per heavy atom. The minimum atomic E-state index is -1.37. The lowest BCUT2D eigenvalue weighted by molar-refractivity contribution is 0.0695. The molecule has 0 amide bonds. The van der Waals surface area contributed by atoms with Crippen molar-refractivity contribution in [2.24, 2.45) is 7.05 Å². The summed E-state index contributed by atoms with van der Waals surface area (Å²) in [6.07, 6.45) is 3.32. The molecule has 41 heavy (non-hydrogen) atoms. The standard InChI is InChI=1S/C29H27F3N6O3/c1-33-20-7-18(30)25(32)23-14(20)6-21-24(23)26(38-11-19(31)22(12-38)36(2)3)16(9-34-21)13-5-15-27(39)17(29(40)41)10-37(4)28(15)35-8-13/h5,7-10,19,22,33H,6,11-12H2,1-4H3,(H,40,41)/t19-,22-/m0/s1. The fourth-order valence-electron chi connectivity index (χ4n) is 6.05. The third-order valence-corrected chi connectivity index (χ3v) is 8.07. The largest absolute Gasteiger partial charge is 0.477 e. The maximum atomic E-state index is 15.6. The number of aromatic nitrogens is 3.